The van der Waals surface area contributed by atoms with Crippen molar-refractivity contribution in [3.63, 3.8) is 0 Å². The maximum atomic E-state index is 12.7. The minimum absolute atomic E-state index is 0.0588. The summed E-state index contributed by atoms with van der Waals surface area (Å²) >= 11 is 6.03. The number of benzene rings is 2. The van der Waals surface area contributed by atoms with E-state index in [-0.39, 0.29) is 18.7 Å². The average Bonchev–Trinajstić information content (AvgIpc) is 2.99. The summed E-state index contributed by atoms with van der Waals surface area (Å²) < 4.78 is 1.90. The lowest BCUT2D eigenvalue weighted by molar-refractivity contribution is -0.136. The maximum Gasteiger partial charge on any atom is 0.205 e. The third kappa shape index (κ3) is 3.50. The minimum Gasteiger partial charge on any atom is -0.380 e. The molecule has 0 fully saturated rings. The molecule has 0 bridgehead atoms. The number of aryl methyl sites for hydroxylation is 1. The lowest BCUT2D eigenvalue weighted by Gasteiger charge is -2.23. The number of carbonyl (C=O) groups is 1. The number of aliphatic hydroxyl groups is 1. The van der Waals surface area contributed by atoms with Crippen LogP contribution in [0.15, 0.2) is 48.7 Å². The van der Waals surface area contributed by atoms with Crippen LogP contribution in [0.3, 0.4) is 0 Å². The highest BCUT2D eigenvalue weighted by Crippen LogP contribution is 2.27. The van der Waals surface area contributed by atoms with E-state index in [0.29, 0.717) is 16.3 Å². The van der Waals surface area contributed by atoms with E-state index in [4.69, 9.17) is 18.2 Å². The van der Waals surface area contributed by atoms with Gasteiger partial charge < -0.3 is 9.67 Å². The molecule has 1 N–H and O–H groups in total. The second-order valence-electron chi connectivity index (χ2n) is 6.72. The molecule has 1 aromatic heterocycles. The summed E-state index contributed by atoms with van der Waals surface area (Å²) in [5.41, 5.74) is 1.66. The summed E-state index contributed by atoms with van der Waals surface area (Å²) in [6, 6.07) is 12.9. The van der Waals surface area contributed by atoms with E-state index >= 15 is 0 Å². The monoisotopic (exact) mass is 366 g/mol. The molecule has 0 aliphatic rings. The highest BCUT2D eigenvalue weighted by Gasteiger charge is 2.31. The second-order valence-corrected chi connectivity index (χ2v) is 7.13. The molecule has 3 aromatic rings. The van der Waals surface area contributed by atoms with E-state index < -0.39 is 5.60 Å². The SMILES string of the molecule is [C-]#[N+]c1ccc(CC(=O)[C@@](C)(O)Cn2ccc3c(C)cccc32)cc1Cl. The predicted molar refractivity (Wildman–Crippen MR) is 104 cm³/mol. The summed E-state index contributed by atoms with van der Waals surface area (Å²) in [5, 5.41) is 12.2. The standard InChI is InChI=1S/C21H19ClN2O2/c1-14-5-4-6-19-16(14)9-10-24(19)13-21(2,26)20(25)12-15-7-8-18(23-3)17(22)11-15/h4-11,26H,12-13H2,1-2H3/t21-/m0/s1. The molecule has 0 unspecified atom stereocenters. The van der Waals surface area contributed by atoms with Crippen LogP contribution in [-0.2, 0) is 17.8 Å². The Bertz CT molecular complexity index is 1030. The van der Waals surface area contributed by atoms with Gasteiger partial charge in [-0.3, -0.25) is 4.79 Å². The van der Waals surface area contributed by atoms with E-state index in [1.807, 2.05) is 42.0 Å². The summed E-state index contributed by atoms with van der Waals surface area (Å²) in [6.07, 6.45) is 1.95. The van der Waals surface area contributed by atoms with Crippen LogP contribution in [0.1, 0.15) is 18.1 Å². The van der Waals surface area contributed by atoms with E-state index in [9.17, 15) is 9.90 Å². The Morgan fingerprint density at radius 3 is 2.77 bits per heavy atom. The van der Waals surface area contributed by atoms with Gasteiger partial charge in [-0.15, -0.1) is 0 Å². The van der Waals surface area contributed by atoms with Gasteiger partial charge in [0.15, 0.2) is 5.78 Å². The number of Topliss-reactive ketones (excluding diaryl/α,β-unsaturated/α-hetero) is 1. The first-order chi connectivity index (χ1) is 12.3. The van der Waals surface area contributed by atoms with E-state index in [0.717, 1.165) is 16.5 Å². The molecule has 0 saturated heterocycles. The van der Waals surface area contributed by atoms with E-state index in [1.165, 1.54) is 6.92 Å². The number of aromatic nitrogens is 1. The van der Waals surface area contributed by atoms with Crippen molar-refractivity contribution in [2.75, 3.05) is 0 Å². The summed E-state index contributed by atoms with van der Waals surface area (Å²) in [5.74, 6) is -0.293. The predicted octanol–water partition coefficient (Wildman–Crippen LogP) is 4.72. The Hall–Kier alpha value is -2.61. The minimum atomic E-state index is -1.51. The smallest absolute Gasteiger partial charge is 0.205 e. The first kappa shape index (κ1) is 18.2. The number of hydrogen-bond acceptors (Lipinski definition) is 2. The first-order valence-electron chi connectivity index (χ1n) is 8.28. The number of nitrogens with zero attached hydrogens (tertiary/aromatic N) is 2. The van der Waals surface area contributed by atoms with Gasteiger partial charge in [0.2, 0.25) is 5.69 Å². The third-order valence-electron chi connectivity index (χ3n) is 4.61. The molecular formula is C21H19ClN2O2. The largest absolute Gasteiger partial charge is 0.380 e. The molecule has 0 aliphatic heterocycles. The number of hydrogen-bond donors (Lipinski definition) is 1. The maximum absolute atomic E-state index is 12.7. The van der Waals surface area contributed by atoms with E-state index in [1.54, 1.807) is 18.2 Å². The molecule has 0 saturated carbocycles. The van der Waals surface area contributed by atoms with Gasteiger partial charge in [-0.25, -0.2) is 4.85 Å². The molecule has 4 nitrogen and oxygen atoms in total. The van der Waals surface area contributed by atoms with Crippen LogP contribution in [0, 0.1) is 13.5 Å². The van der Waals surface area contributed by atoms with Crippen molar-refractivity contribution in [1.82, 2.24) is 4.57 Å². The summed E-state index contributed by atoms with van der Waals surface area (Å²) in [6.45, 7) is 10.8. The zero-order valence-corrected chi connectivity index (χ0v) is 15.4. The van der Waals surface area contributed by atoms with Crippen LogP contribution in [-0.4, -0.2) is 21.1 Å². The molecular weight excluding hydrogens is 348 g/mol. The molecule has 1 atom stereocenters. The molecule has 132 valence electrons. The highest BCUT2D eigenvalue weighted by atomic mass is 35.5. The van der Waals surface area contributed by atoms with Gasteiger partial charge in [-0.2, -0.15) is 0 Å². The normalized spacial score (nSPS) is 13.3. The zero-order chi connectivity index (χ0) is 18.9. The van der Waals surface area contributed by atoms with Gasteiger partial charge in [0.25, 0.3) is 0 Å². The van der Waals surface area contributed by atoms with Gasteiger partial charge in [0, 0.05) is 28.5 Å². The lowest BCUT2D eigenvalue weighted by atomic mass is 9.94. The molecule has 2 aromatic carbocycles. The van der Waals surface area contributed by atoms with Crippen LogP contribution >= 0.6 is 11.6 Å². The van der Waals surface area contributed by atoms with Crippen LogP contribution in [0.5, 0.6) is 0 Å². The topological polar surface area (TPSA) is 46.6 Å². The molecule has 1 heterocycles. The number of fused-ring (bicyclic) bond motifs is 1. The number of halogens is 1. The Labute approximate surface area is 157 Å². The van der Waals surface area contributed by atoms with Gasteiger partial charge >= 0.3 is 0 Å². The number of rotatable bonds is 5. The van der Waals surface area contributed by atoms with Gasteiger partial charge in [-0.05, 0) is 37.1 Å². The van der Waals surface area contributed by atoms with Crippen LogP contribution < -0.4 is 0 Å². The van der Waals surface area contributed by atoms with Gasteiger partial charge in [0.05, 0.1) is 13.1 Å². The molecule has 3 rings (SSSR count). The van der Waals surface area contributed by atoms with Crippen molar-refractivity contribution < 1.29 is 9.90 Å². The second kappa shape index (κ2) is 6.95. The van der Waals surface area contributed by atoms with Crippen molar-refractivity contribution >= 4 is 34.0 Å². The molecule has 0 radical (unpaired) electrons. The number of ketones is 1. The zero-order valence-electron chi connectivity index (χ0n) is 14.7. The Morgan fingerprint density at radius 1 is 1.31 bits per heavy atom. The van der Waals surface area contributed by atoms with Crippen molar-refractivity contribution in [3.8, 4) is 0 Å². The number of carbonyl (C=O) groups excluding carboxylic acids is 1. The summed E-state index contributed by atoms with van der Waals surface area (Å²) in [7, 11) is 0. The Kier molecular flexibility index (Phi) is 4.86. The Morgan fingerprint density at radius 2 is 2.08 bits per heavy atom. The molecule has 0 amide bonds. The Balaban J connectivity index is 1.81. The van der Waals surface area contributed by atoms with Crippen molar-refractivity contribution in [2.45, 2.75) is 32.4 Å². The fraction of sp³-hybridized carbons (Fsp3) is 0.238. The van der Waals surface area contributed by atoms with Crippen molar-refractivity contribution in [2.24, 2.45) is 0 Å². The molecule has 0 spiro atoms. The third-order valence-corrected chi connectivity index (χ3v) is 4.91. The van der Waals surface area contributed by atoms with Gasteiger partial charge in [0.1, 0.15) is 5.60 Å². The van der Waals surface area contributed by atoms with Crippen LogP contribution in [0.25, 0.3) is 15.7 Å². The van der Waals surface area contributed by atoms with Crippen LogP contribution in [0.4, 0.5) is 5.69 Å². The van der Waals surface area contributed by atoms with Crippen molar-refractivity contribution in [1.29, 1.82) is 0 Å². The molecule has 5 heteroatoms. The van der Waals surface area contributed by atoms with Crippen LogP contribution in [0.2, 0.25) is 5.02 Å². The van der Waals surface area contributed by atoms with E-state index in [2.05, 4.69) is 4.85 Å². The van der Waals surface area contributed by atoms with Gasteiger partial charge in [-0.1, -0.05) is 41.9 Å². The lowest BCUT2D eigenvalue weighted by Crippen LogP contribution is -2.40. The van der Waals surface area contributed by atoms with Crippen molar-refractivity contribution in [3.05, 3.63) is 76.2 Å². The fourth-order valence-electron chi connectivity index (χ4n) is 3.06. The average molecular weight is 367 g/mol. The molecule has 0 aliphatic carbocycles. The summed E-state index contributed by atoms with van der Waals surface area (Å²) in [4.78, 5) is 16.0. The first-order valence-corrected chi connectivity index (χ1v) is 8.65. The fourth-order valence-corrected chi connectivity index (χ4v) is 3.31. The highest BCUT2D eigenvalue weighted by molar-refractivity contribution is 6.33. The molecule has 26 heavy (non-hydrogen) atoms. The quantitative estimate of drug-likeness (QED) is 0.664.